The van der Waals surface area contributed by atoms with E-state index in [2.05, 4.69) is 6.58 Å². The van der Waals surface area contributed by atoms with E-state index in [1.54, 1.807) is 13.8 Å². The lowest BCUT2D eigenvalue weighted by Gasteiger charge is -2.17. The number of carbonyl (C=O) groups is 1. The van der Waals surface area contributed by atoms with Crippen molar-refractivity contribution >= 4 is 5.97 Å². The minimum absolute atomic E-state index is 0.349. The van der Waals surface area contributed by atoms with Crippen LogP contribution in [0.4, 0.5) is 0 Å². The van der Waals surface area contributed by atoms with E-state index in [1.165, 1.54) is 0 Å². The zero-order chi connectivity index (χ0) is 15.2. The molecule has 3 nitrogen and oxygen atoms in total. The van der Waals surface area contributed by atoms with E-state index >= 15 is 0 Å². The van der Waals surface area contributed by atoms with Crippen LogP contribution in [0.3, 0.4) is 0 Å². The Hall–Kier alpha value is -2.55. The highest BCUT2D eigenvalue weighted by Crippen LogP contribution is 2.30. The highest BCUT2D eigenvalue weighted by Gasteiger charge is 2.13. The van der Waals surface area contributed by atoms with Crippen LogP contribution in [0, 0.1) is 0 Å². The van der Waals surface area contributed by atoms with Gasteiger partial charge in [0.25, 0.3) is 0 Å². The first-order chi connectivity index (χ1) is 10.1. The minimum atomic E-state index is -0.681. The molecule has 0 aromatic heterocycles. The minimum Gasteiger partial charge on any atom is -0.454 e. The predicted molar refractivity (Wildman–Crippen MR) is 82.9 cm³/mol. The van der Waals surface area contributed by atoms with Crippen molar-refractivity contribution in [2.75, 3.05) is 0 Å². The lowest BCUT2D eigenvalue weighted by Crippen LogP contribution is -2.21. The predicted octanol–water partition coefficient (Wildman–Crippen LogP) is 4.20. The lowest BCUT2D eigenvalue weighted by atomic mass is 10.1. The molecular weight excluding hydrogens is 264 g/mol. The molecule has 21 heavy (non-hydrogen) atoms. The Bertz CT molecular complexity index is 632. The van der Waals surface area contributed by atoms with Gasteiger partial charge in [-0.2, -0.15) is 0 Å². The zero-order valence-corrected chi connectivity index (χ0v) is 12.2. The Labute approximate surface area is 124 Å². The first-order valence-electron chi connectivity index (χ1n) is 6.75. The summed E-state index contributed by atoms with van der Waals surface area (Å²) in [5, 5.41) is 0. The summed E-state index contributed by atoms with van der Waals surface area (Å²) in [6, 6.07) is 17.6. The smallest absolute Gasteiger partial charge is 0.336 e. The molecule has 0 radical (unpaired) electrons. The Morgan fingerprint density at radius 2 is 1.67 bits per heavy atom. The van der Waals surface area contributed by atoms with Gasteiger partial charge >= 0.3 is 5.97 Å². The molecule has 0 saturated heterocycles. The normalized spacial score (nSPS) is 11.5. The van der Waals surface area contributed by atoms with E-state index in [4.69, 9.17) is 9.47 Å². The van der Waals surface area contributed by atoms with Crippen LogP contribution in [-0.2, 0) is 9.53 Å². The summed E-state index contributed by atoms with van der Waals surface area (Å²) in [4.78, 5) is 11.5. The second-order valence-electron chi connectivity index (χ2n) is 4.73. The number of esters is 1. The summed E-state index contributed by atoms with van der Waals surface area (Å²) < 4.78 is 10.9. The molecule has 1 unspecified atom stereocenters. The van der Waals surface area contributed by atoms with E-state index in [0.29, 0.717) is 11.3 Å². The number of hydrogen-bond acceptors (Lipinski definition) is 3. The van der Waals surface area contributed by atoms with Crippen LogP contribution >= 0.6 is 0 Å². The molecule has 3 heteroatoms. The number of hydrogen-bond donors (Lipinski definition) is 0. The summed E-state index contributed by atoms with van der Waals surface area (Å²) in [5.41, 5.74) is 2.35. The first kappa shape index (κ1) is 14.9. The molecule has 0 N–H and O–H groups in total. The third-order valence-electron chi connectivity index (χ3n) is 2.89. The second kappa shape index (κ2) is 6.75. The van der Waals surface area contributed by atoms with Gasteiger partial charge in [-0.25, -0.2) is 4.79 Å². The maximum absolute atomic E-state index is 11.5. The van der Waals surface area contributed by atoms with Crippen molar-refractivity contribution in [3.05, 3.63) is 66.7 Å². The van der Waals surface area contributed by atoms with Gasteiger partial charge < -0.3 is 9.47 Å². The van der Waals surface area contributed by atoms with Gasteiger partial charge in [0.05, 0.1) is 0 Å². The molecular formula is C18H18O3. The third-order valence-corrected chi connectivity index (χ3v) is 2.89. The van der Waals surface area contributed by atoms with E-state index in [-0.39, 0.29) is 0 Å². The van der Waals surface area contributed by atoms with Crippen molar-refractivity contribution in [2.45, 2.75) is 20.1 Å². The third kappa shape index (κ3) is 3.96. The van der Waals surface area contributed by atoms with Crippen molar-refractivity contribution in [2.24, 2.45) is 0 Å². The summed E-state index contributed by atoms with van der Waals surface area (Å²) in [5.74, 6) is 0.213. The highest BCUT2D eigenvalue weighted by molar-refractivity contribution is 5.87. The summed E-state index contributed by atoms with van der Waals surface area (Å²) in [6.07, 6.45) is -0.681. The van der Waals surface area contributed by atoms with Crippen molar-refractivity contribution < 1.29 is 14.3 Å². The van der Waals surface area contributed by atoms with Gasteiger partial charge in [0.2, 0.25) is 6.29 Å². The largest absolute Gasteiger partial charge is 0.454 e. The molecule has 0 amide bonds. The van der Waals surface area contributed by atoms with Crippen molar-refractivity contribution in [3.8, 4) is 16.9 Å². The SMILES string of the molecule is C=C(C)C(=O)OC(C)Oc1ccccc1-c1ccccc1. The van der Waals surface area contributed by atoms with Gasteiger partial charge in [0, 0.05) is 18.1 Å². The molecule has 0 fully saturated rings. The number of benzene rings is 2. The molecule has 2 aromatic rings. The van der Waals surface area contributed by atoms with E-state index in [9.17, 15) is 4.79 Å². The van der Waals surface area contributed by atoms with Crippen LogP contribution in [0.1, 0.15) is 13.8 Å². The van der Waals surface area contributed by atoms with Crippen LogP contribution in [0.2, 0.25) is 0 Å². The standard InChI is InChI=1S/C18H18O3/c1-13(2)18(19)21-14(3)20-17-12-8-7-11-16(17)15-9-5-4-6-10-15/h4-12,14H,1H2,2-3H3. The molecule has 0 spiro atoms. The fourth-order valence-corrected chi connectivity index (χ4v) is 1.88. The van der Waals surface area contributed by atoms with E-state index < -0.39 is 12.3 Å². The van der Waals surface area contributed by atoms with Crippen molar-refractivity contribution in [1.82, 2.24) is 0 Å². The van der Waals surface area contributed by atoms with Crippen LogP contribution in [0.15, 0.2) is 66.7 Å². The van der Waals surface area contributed by atoms with Gasteiger partial charge in [-0.3, -0.25) is 0 Å². The summed E-state index contributed by atoms with van der Waals surface area (Å²) in [6.45, 7) is 6.84. The molecule has 0 saturated carbocycles. The Morgan fingerprint density at radius 3 is 2.33 bits per heavy atom. The topological polar surface area (TPSA) is 35.5 Å². The molecule has 1 atom stereocenters. The first-order valence-corrected chi connectivity index (χ1v) is 6.75. The Morgan fingerprint density at radius 1 is 1.05 bits per heavy atom. The van der Waals surface area contributed by atoms with Gasteiger partial charge in [0.1, 0.15) is 5.75 Å². The molecule has 108 valence electrons. The van der Waals surface area contributed by atoms with Crippen molar-refractivity contribution in [3.63, 3.8) is 0 Å². The molecule has 2 rings (SSSR count). The molecule has 0 aliphatic heterocycles. The zero-order valence-electron chi connectivity index (χ0n) is 12.2. The van der Waals surface area contributed by atoms with E-state index in [1.807, 2.05) is 54.6 Å². The molecule has 0 aliphatic rings. The number of para-hydroxylation sites is 1. The van der Waals surface area contributed by atoms with Gasteiger partial charge in [-0.05, 0) is 18.6 Å². The summed E-state index contributed by atoms with van der Waals surface area (Å²) >= 11 is 0. The number of rotatable bonds is 5. The molecule has 0 aliphatic carbocycles. The average Bonchev–Trinajstić information content (AvgIpc) is 2.48. The molecule has 2 aromatic carbocycles. The van der Waals surface area contributed by atoms with Crippen LogP contribution in [0.25, 0.3) is 11.1 Å². The Balaban J connectivity index is 2.18. The van der Waals surface area contributed by atoms with Gasteiger partial charge in [0.15, 0.2) is 0 Å². The fourth-order valence-electron chi connectivity index (χ4n) is 1.88. The number of carbonyl (C=O) groups excluding carboxylic acids is 1. The quantitative estimate of drug-likeness (QED) is 0.468. The van der Waals surface area contributed by atoms with Gasteiger partial charge in [-0.15, -0.1) is 0 Å². The summed E-state index contributed by atoms with van der Waals surface area (Å²) in [7, 11) is 0. The van der Waals surface area contributed by atoms with Gasteiger partial charge in [-0.1, -0.05) is 55.1 Å². The Kier molecular flexibility index (Phi) is 4.77. The van der Waals surface area contributed by atoms with Crippen LogP contribution in [-0.4, -0.2) is 12.3 Å². The second-order valence-corrected chi connectivity index (χ2v) is 4.73. The highest BCUT2D eigenvalue weighted by atomic mass is 16.7. The van der Waals surface area contributed by atoms with Crippen LogP contribution in [0.5, 0.6) is 5.75 Å². The number of ether oxygens (including phenoxy) is 2. The van der Waals surface area contributed by atoms with Crippen LogP contribution < -0.4 is 4.74 Å². The average molecular weight is 282 g/mol. The fraction of sp³-hybridized carbons (Fsp3) is 0.167. The maximum Gasteiger partial charge on any atom is 0.336 e. The monoisotopic (exact) mass is 282 g/mol. The van der Waals surface area contributed by atoms with Crippen molar-refractivity contribution in [1.29, 1.82) is 0 Å². The maximum atomic E-state index is 11.5. The van der Waals surface area contributed by atoms with E-state index in [0.717, 1.165) is 11.1 Å². The molecule has 0 heterocycles. The lowest BCUT2D eigenvalue weighted by molar-refractivity contribution is -0.156. The molecule has 0 bridgehead atoms.